The first-order valence-corrected chi connectivity index (χ1v) is 9.91. The van der Waals surface area contributed by atoms with Crippen LogP contribution in [0.25, 0.3) is 0 Å². The second kappa shape index (κ2) is 7.48. The van der Waals surface area contributed by atoms with Crippen LogP contribution in [-0.4, -0.2) is 29.2 Å². The number of allylic oxidation sites excluding steroid dienone is 2. The SMILES string of the molecule is O=C(CN1C(=O)[C@H]2CC=CC[C@H]2C1=O)N[C@H](c1ccccc1)c1cccs1. The minimum Gasteiger partial charge on any atom is -0.343 e. The summed E-state index contributed by atoms with van der Waals surface area (Å²) in [6, 6.07) is 13.3. The van der Waals surface area contributed by atoms with E-state index in [4.69, 9.17) is 0 Å². The van der Waals surface area contributed by atoms with Gasteiger partial charge >= 0.3 is 0 Å². The van der Waals surface area contributed by atoms with Gasteiger partial charge in [0.2, 0.25) is 17.7 Å². The van der Waals surface area contributed by atoms with E-state index in [-0.39, 0.29) is 42.1 Å². The Bertz CT molecular complexity index is 850. The zero-order valence-electron chi connectivity index (χ0n) is 14.7. The van der Waals surface area contributed by atoms with Crippen LogP contribution in [0.15, 0.2) is 60.0 Å². The van der Waals surface area contributed by atoms with E-state index in [0.717, 1.165) is 15.3 Å². The summed E-state index contributed by atoms with van der Waals surface area (Å²) >= 11 is 1.56. The summed E-state index contributed by atoms with van der Waals surface area (Å²) in [5.74, 6) is -1.39. The third kappa shape index (κ3) is 3.45. The van der Waals surface area contributed by atoms with E-state index in [0.29, 0.717) is 12.8 Å². The summed E-state index contributed by atoms with van der Waals surface area (Å²) in [7, 11) is 0. The number of amides is 3. The van der Waals surface area contributed by atoms with Gasteiger partial charge in [-0.25, -0.2) is 0 Å². The van der Waals surface area contributed by atoms with Gasteiger partial charge in [-0.3, -0.25) is 19.3 Å². The van der Waals surface area contributed by atoms with Crippen molar-refractivity contribution < 1.29 is 14.4 Å². The maximum absolute atomic E-state index is 12.7. The first-order valence-electron chi connectivity index (χ1n) is 9.03. The van der Waals surface area contributed by atoms with Gasteiger partial charge < -0.3 is 5.32 Å². The van der Waals surface area contributed by atoms with Gasteiger partial charge in [-0.05, 0) is 29.9 Å². The molecule has 3 atom stereocenters. The first kappa shape index (κ1) is 17.7. The Morgan fingerprint density at radius 1 is 1.04 bits per heavy atom. The fourth-order valence-electron chi connectivity index (χ4n) is 3.79. The number of carbonyl (C=O) groups is 3. The number of nitrogens with one attached hydrogen (secondary N) is 1. The molecule has 1 aromatic heterocycles. The molecule has 1 fully saturated rings. The predicted molar refractivity (Wildman–Crippen MR) is 103 cm³/mol. The number of hydrogen-bond acceptors (Lipinski definition) is 4. The number of benzene rings is 1. The van der Waals surface area contributed by atoms with Crippen LogP contribution in [0.2, 0.25) is 0 Å². The van der Waals surface area contributed by atoms with Crippen molar-refractivity contribution in [1.29, 1.82) is 0 Å². The Hall–Kier alpha value is -2.73. The van der Waals surface area contributed by atoms with Crippen LogP contribution in [0.4, 0.5) is 0 Å². The molecule has 0 bridgehead atoms. The van der Waals surface area contributed by atoms with Gasteiger partial charge in [0, 0.05) is 4.88 Å². The lowest BCUT2D eigenvalue weighted by atomic mass is 9.85. The topological polar surface area (TPSA) is 66.5 Å². The molecule has 2 aromatic rings. The van der Waals surface area contributed by atoms with Gasteiger partial charge in [0.15, 0.2) is 0 Å². The number of nitrogens with zero attached hydrogens (tertiary/aromatic N) is 1. The van der Waals surface area contributed by atoms with Crippen molar-refractivity contribution in [3.8, 4) is 0 Å². The number of likely N-dealkylation sites (tertiary alicyclic amines) is 1. The lowest BCUT2D eigenvalue weighted by Gasteiger charge is -2.20. The molecule has 1 aromatic carbocycles. The summed E-state index contributed by atoms with van der Waals surface area (Å²) in [6.07, 6.45) is 5.04. The molecule has 2 aliphatic rings. The summed E-state index contributed by atoms with van der Waals surface area (Å²) in [6.45, 7) is -0.223. The van der Waals surface area contributed by atoms with E-state index in [1.54, 1.807) is 11.3 Å². The van der Waals surface area contributed by atoms with Crippen molar-refractivity contribution in [3.63, 3.8) is 0 Å². The van der Waals surface area contributed by atoms with Crippen molar-refractivity contribution in [3.05, 3.63) is 70.4 Å². The third-order valence-electron chi connectivity index (χ3n) is 5.17. The molecular formula is C21H20N2O3S. The largest absolute Gasteiger partial charge is 0.343 e. The average Bonchev–Trinajstić information content (AvgIpc) is 3.31. The molecule has 1 N–H and O–H groups in total. The van der Waals surface area contributed by atoms with Crippen molar-refractivity contribution in [2.75, 3.05) is 6.54 Å². The van der Waals surface area contributed by atoms with Gasteiger partial charge in [-0.1, -0.05) is 48.6 Å². The third-order valence-corrected chi connectivity index (χ3v) is 6.10. The van der Waals surface area contributed by atoms with Crippen LogP contribution in [0, 0.1) is 11.8 Å². The summed E-state index contributed by atoms with van der Waals surface area (Å²) < 4.78 is 0. The molecule has 5 nitrogen and oxygen atoms in total. The van der Waals surface area contributed by atoms with Crippen molar-refractivity contribution in [1.82, 2.24) is 10.2 Å². The Labute approximate surface area is 161 Å². The second-order valence-corrected chi connectivity index (χ2v) is 7.82. The molecule has 0 radical (unpaired) electrons. The second-order valence-electron chi connectivity index (χ2n) is 6.85. The molecule has 1 saturated heterocycles. The Balaban J connectivity index is 1.49. The monoisotopic (exact) mass is 380 g/mol. The molecular weight excluding hydrogens is 360 g/mol. The van der Waals surface area contributed by atoms with Crippen LogP contribution >= 0.6 is 11.3 Å². The highest BCUT2D eigenvalue weighted by molar-refractivity contribution is 7.10. The standard InChI is InChI=1S/C21H20N2O3S/c24-18(13-23-20(25)15-9-4-5-10-16(15)21(23)26)22-19(17-11-6-12-27-17)14-7-2-1-3-8-14/h1-8,11-12,15-16,19H,9-10,13H2,(H,22,24)/t15-,16+,19-/m1/s1. The lowest BCUT2D eigenvalue weighted by Crippen LogP contribution is -2.42. The average molecular weight is 380 g/mol. The molecule has 0 saturated carbocycles. The van der Waals surface area contributed by atoms with E-state index in [9.17, 15) is 14.4 Å². The maximum Gasteiger partial charge on any atom is 0.240 e. The van der Waals surface area contributed by atoms with Crippen LogP contribution in [0.5, 0.6) is 0 Å². The molecule has 0 unspecified atom stereocenters. The van der Waals surface area contributed by atoms with Crippen LogP contribution in [0.3, 0.4) is 0 Å². The molecule has 6 heteroatoms. The van der Waals surface area contributed by atoms with Gasteiger partial charge in [0.1, 0.15) is 6.54 Å². The predicted octanol–water partition coefficient (Wildman–Crippen LogP) is 2.90. The summed E-state index contributed by atoms with van der Waals surface area (Å²) in [5, 5.41) is 4.96. The Morgan fingerprint density at radius 2 is 1.70 bits per heavy atom. The van der Waals surface area contributed by atoms with Gasteiger partial charge in [-0.15, -0.1) is 11.3 Å². The number of rotatable bonds is 5. The van der Waals surface area contributed by atoms with Gasteiger partial charge in [0.25, 0.3) is 0 Å². The number of carbonyl (C=O) groups excluding carboxylic acids is 3. The lowest BCUT2D eigenvalue weighted by molar-refractivity contribution is -0.143. The molecule has 2 heterocycles. The quantitative estimate of drug-likeness (QED) is 0.641. The number of imide groups is 1. The van der Waals surface area contributed by atoms with Crippen LogP contribution in [0.1, 0.15) is 29.3 Å². The zero-order chi connectivity index (χ0) is 18.8. The minimum absolute atomic E-state index is 0.223. The van der Waals surface area contributed by atoms with E-state index < -0.39 is 0 Å². The molecule has 27 heavy (non-hydrogen) atoms. The Kier molecular flexibility index (Phi) is 4.90. The fourth-order valence-corrected chi connectivity index (χ4v) is 4.60. The first-order chi connectivity index (χ1) is 13.1. The highest BCUT2D eigenvalue weighted by atomic mass is 32.1. The number of fused-ring (bicyclic) bond motifs is 1. The molecule has 138 valence electrons. The van der Waals surface area contributed by atoms with Crippen molar-refractivity contribution in [2.24, 2.45) is 11.8 Å². The maximum atomic E-state index is 12.7. The van der Waals surface area contributed by atoms with E-state index in [1.165, 1.54) is 0 Å². The van der Waals surface area contributed by atoms with Crippen molar-refractivity contribution >= 4 is 29.1 Å². The van der Waals surface area contributed by atoms with E-state index in [1.807, 2.05) is 60.0 Å². The van der Waals surface area contributed by atoms with E-state index >= 15 is 0 Å². The van der Waals surface area contributed by atoms with Gasteiger partial charge in [0.05, 0.1) is 17.9 Å². The van der Waals surface area contributed by atoms with Crippen LogP contribution < -0.4 is 5.32 Å². The molecule has 1 aliphatic heterocycles. The normalized spacial score (nSPS) is 22.6. The minimum atomic E-state index is -0.328. The molecule has 0 spiro atoms. The molecule has 4 rings (SSSR count). The van der Waals surface area contributed by atoms with E-state index in [2.05, 4.69) is 5.32 Å². The zero-order valence-corrected chi connectivity index (χ0v) is 15.5. The molecule has 1 aliphatic carbocycles. The Morgan fingerprint density at radius 3 is 2.30 bits per heavy atom. The van der Waals surface area contributed by atoms with Crippen molar-refractivity contribution in [2.45, 2.75) is 18.9 Å². The van der Waals surface area contributed by atoms with Crippen LogP contribution in [-0.2, 0) is 14.4 Å². The molecule has 3 amide bonds. The number of hydrogen-bond donors (Lipinski definition) is 1. The smallest absolute Gasteiger partial charge is 0.240 e. The van der Waals surface area contributed by atoms with Gasteiger partial charge in [-0.2, -0.15) is 0 Å². The fraction of sp³-hybridized carbons (Fsp3) is 0.286. The number of thiophene rings is 1. The highest BCUT2D eigenvalue weighted by Crippen LogP contribution is 2.35. The highest BCUT2D eigenvalue weighted by Gasteiger charge is 2.47. The summed E-state index contributed by atoms with van der Waals surface area (Å²) in [4.78, 5) is 40.0. The summed E-state index contributed by atoms with van der Waals surface area (Å²) in [5.41, 5.74) is 0.963.